The molecule has 1 aliphatic carbocycles. The Morgan fingerprint density at radius 3 is 2.82 bits per heavy atom. The van der Waals surface area contributed by atoms with Gasteiger partial charge in [-0.05, 0) is 18.9 Å². The number of halogens is 1. The molecule has 17 heavy (non-hydrogen) atoms. The number of rotatable bonds is 2. The Labute approximate surface area is 104 Å². The molecule has 1 saturated carbocycles. The summed E-state index contributed by atoms with van der Waals surface area (Å²) in [6, 6.07) is 5.56. The molecule has 0 spiro atoms. The summed E-state index contributed by atoms with van der Waals surface area (Å²) in [6.07, 6.45) is 5.38. The van der Waals surface area contributed by atoms with Crippen LogP contribution in [-0.2, 0) is 0 Å². The van der Waals surface area contributed by atoms with Crippen LogP contribution in [0.15, 0.2) is 24.4 Å². The van der Waals surface area contributed by atoms with E-state index in [9.17, 15) is 0 Å². The van der Waals surface area contributed by atoms with Crippen LogP contribution in [0.3, 0.4) is 0 Å². The molecule has 1 aliphatic rings. The van der Waals surface area contributed by atoms with Crippen LogP contribution < -0.4 is 5.73 Å². The van der Waals surface area contributed by atoms with E-state index in [1.165, 1.54) is 19.3 Å². The number of nitrogens with two attached hydrogens (primary N) is 1. The molecular weight excluding hydrogens is 236 g/mol. The van der Waals surface area contributed by atoms with Gasteiger partial charge in [0.05, 0.1) is 11.4 Å². The lowest BCUT2D eigenvalue weighted by Gasteiger charge is -2.22. The first kappa shape index (κ1) is 10.6. The quantitative estimate of drug-likeness (QED) is 0.832. The third-order valence-corrected chi connectivity index (χ3v) is 3.44. The predicted molar refractivity (Wildman–Crippen MR) is 67.4 cm³/mol. The fourth-order valence-corrected chi connectivity index (χ4v) is 2.22. The normalized spacial score (nSPS) is 15.8. The van der Waals surface area contributed by atoms with Crippen LogP contribution >= 0.6 is 11.6 Å². The molecule has 0 aromatic carbocycles. The average molecular weight is 249 g/mol. The van der Waals surface area contributed by atoms with Gasteiger partial charge in [-0.1, -0.05) is 18.0 Å². The van der Waals surface area contributed by atoms with E-state index in [1.54, 1.807) is 16.9 Å². The van der Waals surface area contributed by atoms with E-state index < -0.39 is 0 Å². The van der Waals surface area contributed by atoms with Crippen molar-refractivity contribution in [1.82, 2.24) is 14.8 Å². The van der Waals surface area contributed by atoms with Crippen LogP contribution in [0.4, 0.5) is 5.82 Å². The van der Waals surface area contributed by atoms with Crippen molar-refractivity contribution in [2.24, 2.45) is 0 Å². The van der Waals surface area contributed by atoms with E-state index in [2.05, 4.69) is 10.1 Å². The Morgan fingerprint density at radius 2 is 2.18 bits per heavy atom. The highest BCUT2D eigenvalue weighted by atomic mass is 35.5. The molecule has 2 heterocycles. The number of hydrogen-bond donors (Lipinski definition) is 1. The maximum Gasteiger partial charge on any atom is 0.131 e. The van der Waals surface area contributed by atoms with Crippen molar-refractivity contribution in [3.63, 3.8) is 0 Å². The summed E-state index contributed by atoms with van der Waals surface area (Å²) in [7, 11) is 0. The molecule has 2 aromatic heterocycles. The van der Waals surface area contributed by atoms with Crippen LogP contribution in [0.5, 0.6) is 0 Å². The van der Waals surface area contributed by atoms with Crippen LogP contribution in [0, 0.1) is 0 Å². The maximum atomic E-state index is 5.98. The van der Waals surface area contributed by atoms with Crippen molar-refractivity contribution in [3.05, 3.63) is 35.2 Å². The van der Waals surface area contributed by atoms with Crippen molar-refractivity contribution < 1.29 is 0 Å². The molecule has 1 fully saturated rings. The second-order valence-corrected chi connectivity index (χ2v) is 4.76. The third kappa shape index (κ3) is 1.89. The lowest BCUT2D eigenvalue weighted by Crippen LogP contribution is -2.10. The summed E-state index contributed by atoms with van der Waals surface area (Å²) in [4.78, 5) is 3.95. The van der Waals surface area contributed by atoms with E-state index in [-0.39, 0.29) is 0 Å². The van der Waals surface area contributed by atoms with Crippen molar-refractivity contribution in [1.29, 1.82) is 0 Å². The Kier molecular flexibility index (Phi) is 2.52. The highest BCUT2D eigenvalue weighted by Gasteiger charge is 2.23. The monoisotopic (exact) mass is 248 g/mol. The Balaban J connectivity index is 1.99. The highest BCUT2D eigenvalue weighted by molar-refractivity contribution is 6.29. The van der Waals surface area contributed by atoms with Gasteiger partial charge in [-0.15, -0.1) is 0 Å². The zero-order valence-corrected chi connectivity index (χ0v) is 10.1. The lowest BCUT2D eigenvalue weighted by atomic mass is 9.83. The molecule has 0 amide bonds. The number of nitrogen functional groups attached to an aromatic ring is 1. The molecular formula is C12H13ClN4. The molecule has 0 bridgehead atoms. The minimum absolute atomic E-state index is 0.447. The molecule has 2 aromatic rings. The first-order valence-electron chi connectivity index (χ1n) is 5.71. The minimum atomic E-state index is 0.447. The topological polar surface area (TPSA) is 56.7 Å². The van der Waals surface area contributed by atoms with Crippen molar-refractivity contribution in [3.8, 4) is 5.69 Å². The molecule has 5 heteroatoms. The van der Waals surface area contributed by atoms with E-state index >= 15 is 0 Å². The van der Waals surface area contributed by atoms with Crippen LogP contribution in [0.25, 0.3) is 5.69 Å². The molecule has 3 rings (SSSR count). The fourth-order valence-electron chi connectivity index (χ4n) is 2.05. The standard InChI is InChI=1S/C12H13ClN4/c13-11-6-9(4-5-15-11)17-12(14)7-10(16-17)8-2-1-3-8/h4-8H,1-3,14H2. The molecule has 0 radical (unpaired) electrons. The third-order valence-electron chi connectivity index (χ3n) is 3.23. The minimum Gasteiger partial charge on any atom is -0.384 e. The second-order valence-electron chi connectivity index (χ2n) is 4.37. The van der Waals surface area contributed by atoms with E-state index in [0.717, 1.165) is 11.4 Å². The Hall–Kier alpha value is -1.55. The van der Waals surface area contributed by atoms with Crippen LogP contribution in [0.2, 0.25) is 5.15 Å². The first-order valence-corrected chi connectivity index (χ1v) is 6.09. The molecule has 0 aliphatic heterocycles. The number of nitrogens with zero attached hydrogens (tertiary/aromatic N) is 3. The molecule has 88 valence electrons. The number of pyridine rings is 1. The van der Waals surface area contributed by atoms with Crippen LogP contribution in [-0.4, -0.2) is 14.8 Å². The van der Waals surface area contributed by atoms with Gasteiger partial charge < -0.3 is 5.73 Å². The highest BCUT2D eigenvalue weighted by Crippen LogP contribution is 2.36. The van der Waals surface area contributed by atoms with E-state index in [4.69, 9.17) is 17.3 Å². The van der Waals surface area contributed by atoms with E-state index in [1.807, 2.05) is 12.1 Å². The largest absolute Gasteiger partial charge is 0.384 e. The van der Waals surface area contributed by atoms with Gasteiger partial charge in [0, 0.05) is 24.2 Å². The number of aromatic nitrogens is 3. The van der Waals surface area contributed by atoms with Crippen molar-refractivity contribution in [2.45, 2.75) is 25.2 Å². The molecule has 0 unspecified atom stereocenters. The Bertz CT molecular complexity index is 545. The summed E-state index contributed by atoms with van der Waals surface area (Å²) in [6.45, 7) is 0. The molecule has 4 nitrogen and oxygen atoms in total. The Morgan fingerprint density at radius 1 is 1.35 bits per heavy atom. The van der Waals surface area contributed by atoms with Gasteiger partial charge >= 0.3 is 0 Å². The van der Waals surface area contributed by atoms with Crippen molar-refractivity contribution in [2.75, 3.05) is 5.73 Å². The predicted octanol–water partition coefficient (Wildman–Crippen LogP) is 2.77. The zero-order valence-electron chi connectivity index (χ0n) is 9.31. The van der Waals surface area contributed by atoms with Crippen molar-refractivity contribution >= 4 is 17.4 Å². The van der Waals surface area contributed by atoms with Gasteiger partial charge in [0.1, 0.15) is 11.0 Å². The van der Waals surface area contributed by atoms with Gasteiger partial charge in [-0.2, -0.15) is 5.10 Å². The smallest absolute Gasteiger partial charge is 0.131 e. The SMILES string of the molecule is Nc1cc(C2CCC2)nn1-c1ccnc(Cl)c1. The van der Waals surface area contributed by atoms with Gasteiger partial charge in [0.2, 0.25) is 0 Å². The lowest BCUT2D eigenvalue weighted by molar-refractivity contribution is 0.409. The van der Waals surface area contributed by atoms with Crippen LogP contribution in [0.1, 0.15) is 30.9 Å². The first-order chi connectivity index (χ1) is 8.24. The molecule has 2 N–H and O–H groups in total. The summed E-state index contributed by atoms with van der Waals surface area (Å²) in [5, 5.41) is 5.00. The summed E-state index contributed by atoms with van der Waals surface area (Å²) >= 11 is 5.86. The second kappa shape index (κ2) is 4.04. The van der Waals surface area contributed by atoms with Gasteiger partial charge in [-0.25, -0.2) is 9.67 Å². The number of anilines is 1. The summed E-state index contributed by atoms with van der Waals surface area (Å²) < 4.78 is 1.72. The van der Waals surface area contributed by atoms with Gasteiger partial charge in [0.25, 0.3) is 0 Å². The fraction of sp³-hybridized carbons (Fsp3) is 0.333. The zero-order chi connectivity index (χ0) is 11.8. The summed E-state index contributed by atoms with van der Waals surface area (Å²) in [5.74, 6) is 1.23. The maximum absolute atomic E-state index is 5.98. The molecule has 0 saturated heterocycles. The van der Waals surface area contributed by atoms with E-state index in [0.29, 0.717) is 16.9 Å². The average Bonchev–Trinajstić information content (AvgIpc) is 2.57. The number of hydrogen-bond acceptors (Lipinski definition) is 3. The summed E-state index contributed by atoms with van der Waals surface area (Å²) in [5.41, 5.74) is 7.92. The molecule has 0 atom stereocenters. The van der Waals surface area contributed by atoms with Gasteiger partial charge in [0.15, 0.2) is 0 Å². The van der Waals surface area contributed by atoms with Gasteiger partial charge in [-0.3, -0.25) is 0 Å².